The molecule has 0 heterocycles. The summed E-state index contributed by atoms with van der Waals surface area (Å²) in [5, 5.41) is 5.99. The van der Waals surface area contributed by atoms with Crippen molar-refractivity contribution in [3.05, 3.63) is 64.1 Å². The van der Waals surface area contributed by atoms with E-state index in [1.807, 2.05) is 36.4 Å². The molecule has 1 aliphatic rings. The highest BCUT2D eigenvalue weighted by Crippen LogP contribution is 2.20. The fourth-order valence-electron chi connectivity index (χ4n) is 3.33. The van der Waals surface area contributed by atoms with E-state index in [0.29, 0.717) is 11.3 Å². The Morgan fingerprint density at radius 1 is 1.00 bits per heavy atom. The third-order valence-electron chi connectivity index (χ3n) is 4.64. The van der Waals surface area contributed by atoms with Crippen LogP contribution in [-0.2, 0) is 11.2 Å². The summed E-state index contributed by atoms with van der Waals surface area (Å²) in [6, 6.07) is 15.1. The summed E-state index contributed by atoms with van der Waals surface area (Å²) in [6.07, 6.45) is 5.89. The van der Waals surface area contributed by atoms with E-state index in [4.69, 9.17) is 0 Å². The summed E-state index contributed by atoms with van der Waals surface area (Å²) in [4.78, 5) is 25.0. The highest BCUT2D eigenvalue weighted by atomic mass is 79.9. The van der Waals surface area contributed by atoms with Crippen molar-refractivity contribution in [2.75, 3.05) is 5.32 Å². The second-order valence-corrected chi connectivity index (χ2v) is 7.62. The molecule has 0 aliphatic heterocycles. The third-order valence-corrected chi connectivity index (χ3v) is 5.13. The predicted molar refractivity (Wildman–Crippen MR) is 107 cm³/mol. The van der Waals surface area contributed by atoms with Crippen LogP contribution in [0.25, 0.3) is 0 Å². The number of hydrogen-bond acceptors (Lipinski definition) is 2. The van der Waals surface area contributed by atoms with Crippen molar-refractivity contribution in [2.24, 2.45) is 0 Å². The van der Waals surface area contributed by atoms with Gasteiger partial charge in [0, 0.05) is 10.5 Å². The predicted octanol–water partition coefficient (Wildman–Crippen LogP) is 4.69. The highest BCUT2D eigenvalue weighted by molar-refractivity contribution is 9.10. The van der Waals surface area contributed by atoms with E-state index in [2.05, 4.69) is 26.6 Å². The van der Waals surface area contributed by atoms with Gasteiger partial charge in [-0.25, -0.2) is 0 Å². The second kappa shape index (κ2) is 8.99. The Bertz CT molecular complexity index is 785. The number of amides is 2. The number of carbonyl (C=O) groups excluding carboxylic acids is 2. The smallest absolute Gasteiger partial charge is 0.253 e. The fourth-order valence-corrected chi connectivity index (χ4v) is 3.77. The molecule has 2 aromatic rings. The molecular weight excluding hydrogens is 392 g/mol. The SMILES string of the molecule is O=C(Cc1cccc(Br)c1)Nc1ccccc1C(=O)NC1CCCCC1. The average Bonchev–Trinajstić information content (AvgIpc) is 2.63. The highest BCUT2D eigenvalue weighted by Gasteiger charge is 2.19. The molecular formula is C21H23BrN2O2. The first-order chi connectivity index (χ1) is 12.6. The standard InChI is InChI=1S/C21H23BrN2O2/c22-16-8-6-7-15(13-16)14-20(25)24-19-12-5-4-11-18(19)21(26)23-17-9-2-1-3-10-17/h4-8,11-13,17H,1-3,9-10,14H2,(H,23,26)(H,24,25). The van der Waals surface area contributed by atoms with Gasteiger partial charge in [-0.15, -0.1) is 0 Å². The summed E-state index contributed by atoms with van der Waals surface area (Å²) in [7, 11) is 0. The van der Waals surface area contributed by atoms with Gasteiger partial charge in [-0.2, -0.15) is 0 Å². The number of para-hydroxylation sites is 1. The van der Waals surface area contributed by atoms with Crippen LogP contribution in [-0.4, -0.2) is 17.9 Å². The second-order valence-electron chi connectivity index (χ2n) is 6.71. The Morgan fingerprint density at radius 2 is 1.77 bits per heavy atom. The lowest BCUT2D eigenvalue weighted by atomic mass is 9.95. The lowest BCUT2D eigenvalue weighted by Crippen LogP contribution is -2.36. The van der Waals surface area contributed by atoms with Gasteiger partial charge in [0.05, 0.1) is 17.7 Å². The van der Waals surface area contributed by atoms with Crippen LogP contribution in [0.1, 0.15) is 48.0 Å². The van der Waals surface area contributed by atoms with Crippen molar-refractivity contribution in [2.45, 2.75) is 44.6 Å². The number of hydrogen-bond donors (Lipinski definition) is 2. The Balaban J connectivity index is 1.66. The van der Waals surface area contributed by atoms with Crippen LogP contribution in [0.15, 0.2) is 53.0 Å². The zero-order valence-corrected chi connectivity index (χ0v) is 16.2. The summed E-state index contributed by atoms with van der Waals surface area (Å²) >= 11 is 3.41. The van der Waals surface area contributed by atoms with Gasteiger partial charge in [-0.3, -0.25) is 9.59 Å². The molecule has 2 N–H and O–H groups in total. The first-order valence-electron chi connectivity index (χ1n) is 9.06. The van der Waals surface area contributed by atoms with Gasteiger partial charge in [0.2, 0.25) is 5.91 Å². The normalized spacial score (nSPS) is 14.7. The van der Waals surface area contributed by atoms with Gasteiger partial charge in [0.15, 0.2) is 0 Å². The maximum Gasteiger partial charge on any atom is 0.253 e. The van der Waals surface area contributed by atoms with E-state index in [0.717, 1.165) is 35.7 Å². The van der Waals surface area contributed by atoms with Crippen molar-refractivity contribution in [1.29, 1.82) is 0 Å². The van der Waals surface area contributed by atoms with E-state index in [1.165, 1.54) is 6.42 Å². The largest absolute Gasteiger partial charge is 0.349 e. The Labute approximate surface area is 162 Å². The zero-order valence-electron chi connectivity index (χ0n) is 14.6. The molecule has 0 spiro atoms. The first-order valence-corrected chi connectivity index (χ1v) is 9.85. The van der Waals surface area contributed by atoms with Crippen molar-refractivity contribution >= 4 is 33.4 Å². The lowest BCUT2D eigenvalue weighted by Gasteiger charge is -2.23. The minimum absolute atomic E-state index is 0.116. The summed E-state index contributed by atoms with van der Waals surface area (Å²) in [5.74, 6) is -0.253. The Hall–Kier alpha value is -2.14. The van der Waals surface area contributed by atoms with Crippen LogP contribution < -0.4 is 10.6 Å². The number of halogens is 1. The number of nitrogens with one attached hydrogen (secondary N) is 2. The van der Waals surface area contributed by atoms with Crippen LogP contribution in [0.4, 0.5) is 5.69 Å². The van der Waals surface area contributed by atoms with Gasteiger partial charge in [0.25, 0.3) is 5.91 Å². The minimum atomic E-state index is -0.138. The number of carbonyl (C=O) groups is 2. The van der Waals surface area contributed by atoms with Gasteiger partial charge in [-0.1, -0.05) is 59.5 Å². The maximum absolute atomic E-state index is 12.6. The summed E-state index contributed by atoms with van der Waals surface area (Å²) in [6.45, 7) is 0. The van der Waals surface area contributed by atoms with E-state index in [-0.39, 0.29) is 24.3 Å². The molecule has 0 atom stereocenters. The van der Waals surface area contributed by atoms with Gasteiger partial charge in [-0.05, 0) is 42.7 Å². The third kappa shape index (κ3) is 5.18. The van der Waals surface area contributed by atoms with E-state index in [9.17, 15) is 9.59 Å². The monoisotopic (exact) mass is 414 g/mol. The molecule has 2 aromatic carbocycles. The molecule has 0 radical (unpaired) electrons. The molecule has 0 saturated heterocycles. The molecule has 26 heavy (non-hydrogen) atoms. The van der Waals surface area contributed by atoms with Crippen LogP contribution in [0.2, 0.25) is 0 Å². The van der Waals surface area contributed by atoms with E-state index >= 15 is 0 Å². The molecule has 0 bridgehead atoms. The van der Waals surface area contributed by atoms with Crippen molar-refractivity contribution in [1.82, 2.24) is 5.32 Å². The van der Waals surface area contributed by atoms with Crippen molar-refractivity contribution in [3.63, 3.8) is 0 Å². The van der Waals surface area contributed by atoms with Crippen molar-refractivity contribution < 1.29 is 9.59 Å². The number of rotatable bonds is 5. The molecule has 1 saturated carbocycles. The first kappa shape index (κ1) is 18.6. The maximum atomic E-state index is 12.6. The van der Waals surface area contributed by atoms with Gasteiger partial charge >= 0.3 is 0 Å². The lowest BCUT2D eigenvalue weighted by molar-refractivity contribution is -0.115. The summed E-state index contributed by atoms with van der Waals surface area (Å²) < 4.78 is 0.940. The zero-order chi connectivity index (χ0) is 18.4. The topological polar surface area (TPSA) is 58.2 Å². The Morgan fingerprint density at radius 3 is 2.54 bits per heavy atom. The fraction of sp³-hybridized carbons (Fsp3) is 0.333. The molecule has 0 aromatic heterocycles. The molecule has 3 rings (SSSR count). The molecule has 5 heteroatoms. The van der Waals surface area contributed by atoms with Gasteiger partial charge in [0.1, 0.15) is 0 Å². The minimum Gasteiger partial charge on any atom is -0.349 e. The Kier molecular flexibility index (Phi) is 6.45. The molecule has 2 amide bonds. The van der Waals surface area contributed by atoms with E-state index < -0.39 is 0 Å². The van der Waals surface area contributed by atoms with Crippen molar-refractivity contribution in [3.8, 4) is 0 Å². The molecule has 4 nitrogen and oxygen atoms in total. The quantitative estimate of drug-likeness (QED) is 0.744. The molecule has 136 valence electrons. The van der Waals surface area contributed by atoms with E-state index in [1.54, 1.807) is 12.1 Å². The van der Waals surface area contributed by atoms with Crippen LogP contribution in [0, 0.1) is 0 Å². The molecule has 1 fully saturated rings. The number of anilines is 1. The van der Waals surface area contributed by atoms with Crippen LogP contribution in [0.5, 0.6) is 0 Å². The van der Waals surface area contributed by atoms with Crippen LogP contribution >= 0.6 is 15.9 Å². The number of benzene rings is 2. The van der Waals surface area contributed by atoms with Gasteiger partial charge < -0.3 is 10.6 Å². The average molecular weight is 415 g/mol. The molecule has 0 unspecified atom stereocenters. The van der Waals surface area contributed by atoms with Crippen LogP contribution in [0.3, 0.4) is 0 Å². The summed E-state index contributed by atoms with van der Waals surface area (Å²) in [5.41, 5.74) is 1.99. The molecule has 1 aliphatic carbocycles.